The molecule has 0 aliphatic carbocycles. The molecule has 0 amide bonds. The molecule has 0 saturated heterocycles. The van der Waals surface area contributed by atoms with Crippen molar-refractivity contribution in [1.29, 1.82) is 0 Å². The van der Waals surface area contributed by atoms with Gasteiger partial charge in [-0.3, -0.25) is 0 Å². The van der Waals surface area contributed by atoms with Crippen LogP contribution in [-0.2, 0) is 9.94 Å². The monoisotopic (exact) mass is 258 g/mol. The van der Waals surface area contributed by atoms with Gasteiger partial charge in [-0.15, -0.1) is 0 Å². The van der Waals surface area contributed by atoms with Gasteiger partial charge in [0.05, 0.1) is 6.61 Å². The fraction of sp³-hybridized carbons (Fsp3) is 0.500. The summed E-state index contributed by atoms with van der Waals surface area (Å²) in [5.41, 5.74) is 1.97. The molecule has 0 saturated carbocycles. The van der Waals surface area contributed by atoms with Crippen molar-refractivity contribution in [3.05, 3.63) is 35.4 Å². The maximum Gasteiger partial charge on any atom is 0.327 e. The van der Waals surface area contributed by atoms with E-state index in [0.717, 1.165) is 5.56 Å². The van der Waals surface area contributed by atoms with Crippen molar-refractivity contribution in [1.82, 2.24) is 0 Å². The molecule has 0 fully saturated rings. The van der Waals surface area contributed by atoms with Crippen LogP contribution in [-0.4, -0.2) is 21.5 Å². The minimum atomic E-state index is -2.46. The molecule has 17 heavy (non-hydrogen) atoms. The molecule has 1 rings (SSSR count). The molecule has 0 radical (unpaired) electrons. The number of hydrogen-bond acceptors (Lipinski definition) is 4. The molecule has 4 nitrogen and oxygen atoms in total. The molecule has 1 aromatic carbocycles. The van der Waals surface area contributed by atoms with Gasteiger partial charge in [0.15, 0.2) is 0 Å². The molecule has 0 aliphatic rings. The predicted octanol–water partition coefficient (Wildman–Crippen LogP) is 2.25. The Labute approximate surface area is 103 Å². The molecule has 96 valence electrons. The van der Waals surface area contributed by atoms with E-state index in [1.807, 2.05) is 24.3 Å². The average molecular weight is 258 g/mol. The summed E-state index contributed by atoms with van der Waals surface area (Å²) in [6, 6.07) is 7.58. The highest BCUT2D eigenvalue weighted by atomic mass is 31.2. The van der Waals surface area contributed by atoms with Gasteiger partial charge in [-0.25, -0.2) is 0 Å². The van der Waals surface area contributed by atoms with Crippen LogP contribution in [0.25, 0.3) is 0 Å². The lowest BCUT2D eigenvalue weighted by Crippen LogP contribution is -2.12. The van der Waals surface area contributed by atoms with Gasteiger partial charge in [0, 0.05) is 0 Å². The number of rotatable bonds is 4. The minimum Gasteiger partial charge on any atom is -0.393 e. The molecule has 1 unspecified atom stereocenters. The van der Waals surface area contributed by atoms with Crippen LogP contribution in [0, 0.1) is 0 Å². The molecular weight excluding hydrogens is 239 g/mol. The Morgan fingerprint density at radius 3 is 2.06 bits per heavy atom. The van der Waals surface area contributed by atoms with Gasteiger partial charge in [0.25, 0.3) is 0 Å². The van der Waals surface area contributed by atoms with Gasteiger partial charge in [-0.2, -0.15) is 0 Å². The van der Waals surface area contributed by atoms with Crippen molar-refractivity contribution >= 4 is 8.60 Å². The first kappa shape index (κ1) is 14.6. The Hall–Kier alpha value is -0.510. The standard InChI is InChI=1S/C12H19O4P/c1-12(2,3)10-6-4-9(5-7-10)11(8-13)16-17(14)15/h4-7,11,13-15H,8H2,1-3H3. The van der Waals surface area contributed by atoms with Crippen molar-refractivity contribution in [2.45, 2.75) is 32.3 Å². The zero-order valence-electron chi connectivity index (χ0n) is 10.3. The van der Waals surface area contributed by atoms with E-state index in [2.05, 4.69) is 20.8 Å². The molecule has 0 heterocycles. The Balaban J connectivity index is 2.85. The number of benzene rings is 1. The summed E-state index contributed by atoms with van der Waals surface area (Å²) in [6.07, 6.45) is -0.690. The van der Waals surface area contributed by atoms with Crippen LogP contribution in [0.3, 0.4) is 0 Å². The second kappa shape index (κ2) is 5.89. The SMILES string of the molecule is CC(C)(C)c1ccc(C(CO)OP(O)O)cc1. The largest absolute Gasteiger partial charge is 0.393 e. The fourth-order valence-electron chi connectivity index (χ4n) is 1.51. The minimum absolute atomic E-state index is 0.0642. The zero-order valence-corrected chi connectivity index (χ0v) is 11.2. The first-order valence-corrected chi connectivity index (χ1v) is 6.57. The van der Waals surface area contributed by atoms with E-state index in [1.54, 1.807) is 0 Å². The van der Waals surface area contributed by atoms with Crippen LogP contribution in [0.2, 0.25) is 0 Å². The van der Waals surface area contributed by atoms with Gasteiger partial charge in [0.1, 0.15) is 6.10 Å². The summed E-state index contributed by atoms with van der Waals surface area (Å²) < 4.78 is 4.84. The summed E-state index contributed by atoms with van der Waals surface area (Å²) in [7, 11) is -2.46. The highest BCUT2D eigenvalue weighted by molar-refractivity contribution is 7.39. The van der Waals surface area contributed by atoms with E-state index in [1.165, 1.54) is 5.56 Å². The molecule has 0 spiro atoms. The maximum atomic E-state index is 9.12. The predicted molar refractivity (Wildman–Crippen MR) is 67.4 cm³/mol. The molecule has 0 aliphatic heterocycles. The van der Waals surface area contributed by atoms with Crippen molar-refractivity contribution in [3.63, 3.8) is 0 Å². The molecular formula is C12H19O4P. The van der Waals surface area contributed by atoms with Gasteiger partial charge < -0.3 is 19.4 Å². The normalized spacial score (nSPS) is 14.1. The summed E-state index contributed by atoms with van der Waals surface area (Å²) in [6.45, 7) is 6.06. The Morgan fingerprint density at radius 2 is 1.71 bits per heavy atom. The average Bonchev–Trinajstić information content (AvgIpc) is 2.24. The van der Waals surface area contributed by atoms with Crippen LogP contribution in [0.1, 0.15) is 38.0 Å². The third-order valence-corrected chi connectivity index (χ3v) is 2.98. The maximum absolute atomic E-state index is 9.12. The summed E-state index contributed by atoms with van der Waals surface area (Å²) in [5.74, 6) is 0. The summed E-state index contributed by atoms with van der Waals surface area (Å²) in [5, 5.41) is 9.12. The van der Waals surface area contributed by atoms with Crippen molar-refractivity contribution in [2.24, 2.45) is 0 Å². The number of aliphatic hydroxyl groups is 1. The molecule has 3 N–H and O–H groups in total. The topological polar surface area (TPSA) is 69.9 Å². The van der Waals surface area contributed by atoms with Crippen LogP contribution in [0.4, 0.5) is 0 Å². The van der Waals surface area contributed by atoms with Gasteiger partial charge in [0.2, 0.25) is 0 Å². The first-order valence-electron chi connectivity index (χ1n) is 5.40. The highest BCUT2D eigenvalue weighted by Crippen LogP contribution is 2.34. The Morgan fingerprint density at radius 1 is 1.18 bits per heavy atom. The van der Waals surface area contributed by atoms with Crippen LogP contribution >= 0.6 is 8.60 Å². The van der Waals surface area contributed by atoms with Gasteiger partial charge in [-0.1, -0.05) is 45.0 Å². The quantitative estimate of drug-likeness (QED) is 0.724. The van der Waals surface area contributed by atoms with Crippen molar-refractivity contribution < 1.29 is 19.4 Å². The lowest BCUT2D eigenvalue weighted by molar-refractivity contribution is 0.101. The van der Waals surface area contributed by atoms with E-state index in [-0.39, 0.29) is 12.0 Å². The molecule has 1 aromatic rings. The summed E-state index contributed by atoms with van der Waals surface area (Å²) in [4.78, 5) is 17.6. The number of aliphatic hydroxyl groups excluding tert-OH is 1. The van der Waals surface area contributed by atoms with Gasteiger partial charge >= 0.3 is 8.60 Å². The molecule has 1 atom stereocenters. The van der Waals surface area contributed by atoms with E-state index >= 15 is 0 Å². The second-order valence-electron chi connectivity index (χ2n) is 4.90. The lowest BCUT2D eigenvalue weighted by atomic mass is 9.86. The highest BCUT2D eigenvalue weighted by Gasteiger charge is 2.17. The van der Waals surface area contributed by atoms with Crippen LogP contribution in [0.5, 0.6) is 0 Å². The van der Waals surface area contributed by atoms with Crippen molar-refractivity contribution in [3.8, 4) is 0 Å². The molecule has 5 heteroatoms. The lowest BCUT2D eigenvalue weighted by Gasteiger charge is -2.21. The van der Waals surface area contributed by atoms with E-state index < -0.39 is 14.7 Å². The van der Waals surface area contributed by atoms with Crippen molar-refractivity contribution in [2.75, 3.05) is 6.61 Å². The van der Waals surface area contributed by atoms with Crippen LogP contribution in [0.15, 0.2) is 24.3 Å². The summed E-state index contributed by atoms with van der Waals surface area (Å²) >= 11 is 0. The Bertz CT molecular complexity index is 343. The molecule has 0 bridgehead atoms. The van der Waals surface area contributed by atoms with Gasteiger partial charge in [-0.05, 0) is 16.5 Å². The molecule has 0 aromatic heterocycles. The Kier molecular flexibility index (Phi) is 5.04. The third-order valence-electron chi connectivity index (χ3n) is 2.54. The van der Waals surface area contributed by atoms with E-state index in [9.17, 15) is 0 Å². The van der Waals surface area contributed by atoms with E-state index in [0.29, 0.717) is 0 Å². The first-order chi connectivity index (χ1) is 7.84. The number of hydrogen-bond donors (Lipinski definition) is 3. The zero-order chi connectivity index (χ0) is 13.1. The smallest absolute Gasteiger partial charge is 0.327 e. The van der Waals surface area contributed by atoms with Crippen LogP contribution < -0.4 is 0 Å². The van der Waals surface area contributed by atoms with E-state index in [4.69, 9.17) is 19.4 Å². The second-order valence-corrected chi connectivity index (χ2v) is 5.62. The third kappa shape index (κ3) is 4.34. The fourth-order valence-corrected chi connectivity index (χ4v) is 1.93.